The van der Waals surface area contributed by atoms with Crippen LogP contribution in [0.1, 0.15) is 36.5 Å². The zero-order valence-corrected chi connectivity index (χ0v) is 12.3. The van der Waals surface area contributed by atoms with Crippen molar-refractivity contribution in [1.82, 2.24) is 9.78 Å². The largest absolute Gasteiger partial charge is 0.457 e. The minimum atomic E-state index is -0.747. The summed E-state index contributed by atoms with van der Waals surface area (Å²) in [4.78, 5) is 12.1. The van der Waals surface area contributed by atoms with Crippen LogP contribution in [0, 0.1) is 17.6 Å². The predicted octanol–water partition coefficient (Wildman–Crippen LogP) is 3.11. The standard InChI is InChI=1S/C16H16F2N2O2/c1-9(12-4-3-11(17)5-15(12)18)22-16(21)14-6-13(14)10-7-19-20(2)8-10/h3-5,7-9,13-14H,6H2,1-2H3/t9-,13+,14+/m0/s1. The Bertz CT molecular complexity index is 714. The summed E-state index contributed by atoms with van der Waals surface area (Å²) >= 11 is 0. The highest BCUT2D eigenvalue weighted by Crippen LogP contribution is 2.48. The molecule has 1 heterocycles. The first-order valence-corrected chi connectivity index (χ1v) is 7.09. The molecule has 0 unspecified atom stereocenters. The zero-order valence-electron chi connectivity index (χ0n) is 12.3. The number of halogens is 2. The number of carbonyl (C=O) groups is 1. The molecule has 0 radical (unpaired) electrons. The Kier molecular flexibility index (Phi) is 3.68. The number of aryl methyl sites for hydroxylation is 1. The lowest BCUT2D eigenvalue weighted by Gasteiger charge is -2.14. The van der Waals surface area contributed by atoms with Gasteiger partial charge in [-0.05, 0) is 31.0 Å². The van der Waals surface area contributed by atoms with Gasteiger partial charge >= 0.3 is 5.97 Å². The Balaban J connectivity index is 1.63. The van der Waals surface area contributed by atoms with Crippen LogP contribution in [-0.2, 0) is 16.6 Å². The first-order chi connectivity index (χ1) is 10.5. The topological polar surface area (TPSA) is 44.1 Å². The molecule has 116 valence electrons. The average molecular weight is 306 g/mol. The summed E-state index contributed by atoms with van der Waals surface area (Å²) in [6, 6.07) is 3.24. The molecule has 1 aromatic carbocycles. The van der Waals surface area contributed by atoms with Crippen molar-refractivity contribution in [2.45, 2.75) is 25.4 Å². The molecule has 0 amide bonds. The first-order valence-electron chi connectivity index (χ1n) is 7.09. The molecule has 1 saturated carbocycles. The number of nitrogens with zero attached hydrogens (tertiary/aromatic N) is 2. The van der Waals surface area contributed by atoms with Gasteiger partial charge < -0.3 is 4.74 Å². The first kappa shape index (κ1) is 14.7. The van der Waals surface area contributed by atoms with Crippen LogP contribution >= 0.6 is 0 Å². The van der Waals surface area contributed by atoms with Crippen molar-refractivity contribution in [3.05, 3.63) is 53.4 Å². The molecular formula is C16H16F2N2O2. The lowest BCUT2D eigenvalue weighted by atomic mass is 10.1. The lowest BCUT2D eigenvalue weighted by molar-refractivity contribution is -0.150. The van der Waals surface area contributed by atoms with Crippen LogP contribution in [0.15, 0.2) is 30.6 Å². The Morgan fingerprint density at radius 3 is 2.86 bits per heavy atom. The van der Waals surface area contributed by atoms with Crippen LogP contribution in [0.2, 0.25) is 0 Å². The van der Waals surface area contributed by atoms with E-state index in [9.17, 15) is 13.6 Å². The van der Waals surface area contributed by atoms with Gasteiger partial charge in [-0.2, -0.15) is 5.10 Å². The number of carbonyl (C=O) groups excluding carboxylic acids is 1. The Morgan fingerprint density at radius 1 is 1.45 bits per heavy atom. The zero-order chi connectivity index (χ0) is 15.9. The number of ether oxygens (including phenoxy) is 1. The molecule has 1 fully saturated rings. The van der Waals surface area contributed by atoms with Crippen LogP contribution in [0.25, 0.3) is 0 Å². The van der Waals surface area contributed by atoms with Gasteiger partial charge in [0, 0.05) is 30.8 Å². The maximum Gasteiger partial charge on any atom is 0.310 e. The highest BCUT2D eigenvalue weighted by molar-refractivity contribution is 5.77. The third-order valence-electron chi connectivity index (χ3n) is 3.94. The molecule has 1 aromatic heterocycles. The monoisotopic (exact) mass is 306 g/mol. The number of rotatable bonds is 4. The average Bonchev–Trinajstić information content (AvgIpc) is 3.14. The highest BCUT2D eigenvalue weighted by Gasteiger charge is 2.46. The number of benzene rings is 1. The molecule has 1 aliphatic rings. The quantitative estimate of drug-likeness (QED) is 0.815. The van der Waals surface area contributed by atoms with E-state index in [-0.39, 0.29) is 23.4 Å². The van der Waals surface area contributed by atoms with Gasteiger partial charge in [-0.25, -0.2) is 8.78 Å². The molecule has 0 spiro atoms. The Hall–Kier alpha value is -2.24. The van der Waals surface area contributed by atoms with Crippen molar-refractivity contribution in [2.75, 3.05) is 0 Å². The maximum absolute atomic E-state index is 13.7. The molecule has 0 N–H and O–H groups in total. The highest BCUT2D eigenvalue weighted by atomic mass is 19.1. The molecule has 0 bridgehead atoms. The molecule has 4 nitrogen and oxygen atoms in total. The molecule has 6 heteroatoms. The van der Waals surface area contributed by atoms with E-state index in [4.69, 9.17) is 4.74 Å². The second kappa shape index (κ2) is 5.51. The van der Waals surface area contributed by atoms with Gasteiger partial charge in [-0.15, -0.1) is 0 Å². The van der Waals surface area contributed by atoms with E-state index in [1.807, 2.05) is 13.2 Å². The summed E-state index contributed by atoms with van der Waals surface area (Å²) in [7, 11) is 1.82. The van der Waals surface area contributed by atoms with Gasteiger partial charge in [-0.3, -0.25) is 9.48 Å². The fourth-order valence-corrected chi connectivity index (χ4v) is 2.61. The normalized spacial score (nSPS) is 21.5. The van der Waals surface area contributed by atoms with E-state index in [0.717, 1.165) is 17.7 Å². The predicted molar refractivity (Wildman–Crippen MR) is 74.9 cm³/mol. The molecule has 22 heavy (non-hydrogen) atoms. The van der Waals surface area contributed by atoms with Gasteiger partial charge in [0.05, 0.1) is 12.1 Å². The van der Waals surface area contributed by atoms with Gasteiger partial charge in [0.15, 0.2) is 0 Å². The third-order valence-corrected chi connectivity index (χ3v) is 3.94. The van der Waals surface area contributed by atoms with Crippen LogP contribution in [0.4, 0.5) is 8.78 Å². The van der Waals surface area contributed by atoms with Crippen LogP contribution in [-0.4, -0.2) is 15.7 Å². The van der Waals surface area contributed by atoms with Gasteiger partial charge in [-0.1, -0.05) is 0 Å². The van der Waals surface area contributed by atoms with Gasteiger partial charge in [0.1, 0.15) is 17.7 Å². The minimum Gasteiger partial charge on any atom is -0.457 e. The van der Waals surface area contributed by atoms with E-state index in [1.54, 1.807) is 17.8 Å². The van der Waals surface area contributed by atoms with E-state index in [0.29, 0.717) is 6.42 Å². The molecule has 1 aliphatic carbocycles. The molecule has 0 aliphatic heterocycles. The van der Waals surface area contributed by atoms with Crippen molar-refractivity contribution >= 4 is 5.97 Å². The van der Waals surface area contributed by atoms with Crippen molar-refractivity contribution < 1.29 is 18.3 Å². The van der Waals surface area contributed by atoms with Crippen LogP contribution in [0.5, 0.6) is 0 Å². The molecule has 0 saturated heterocycles. The number of hydrogen-bond donors (Lipinski definition) is 0. The lowest BCUT2D eigenvalue weighted by Crippen LogP contribution is -2.12. The molecule has 3 rings (SSSR count). The number of hydrogen-bond acceptors (Lipinski definition) is 3. The van der Waals surface area contributed by atoms with Gasteiger partial charge in [0.2, 0.25) is 0 Å². The maximum atomic E-state index is 13.7. The van der Waals surface area contributed by atoms with Crippen molar-refractivity contribution in [2.24, 2.45) is 13.0 Å². The molecular weight excluding hydrogens is 290 g/mol. The number of aromatic nitrogens is 2. The third kappa shape index (κ3) is 2.86. The summed E-state index contributed by atoms with van der Waals surface area (Å²) in [5, 5.41) is 4.08. The fourth-order valence-electron chi connectivity index (χ4n) is 2.61. The summed E-state index contributed by atoms with van der Waals surface area (Å²) in [5.74, 6) is -1.81. The van der Waals surface area contributed by atoms with Crippen molar-refractivity contribution in [3.8, 4) is 0 Å². The van der Waals surface area contributed by atoms with Crippen molar-refractivity contribution in [3.63, 3.8) is 0 Å². The SMILES string of the molecule is C[C@H](OC(=O)[C@@H]1C[C@@H]1c1cnn(C)c1)c1ccc(F)cc1F. The van der Waals surface area contributed by atoms with Crippen LogP contribution < -0.4 is 0 Å². The second-order valence-corrected chi connectivity index (χ2v) is 5.64. The Morgan fingerprint density at radius 2 is 2.23 bits per heavy atom. The fraction of sp³-hybridized carbons (Fsp3) is 0.375. The molecule has 2 aromatic rings. The summed E-state index contributed by atoms with van der Waals surface area (Å²) in [6.45, 7) is 1.58. The van der Waals surface area contributed by atoms with Crippen LogP contribution in [0.3, 0.4) is 0 Å². The minimum absolute atomic E-state index is 0.117. The van der Waals surface area contributed by atoms with Crippen molar-refractivity contribution in [1.29, 1.82) is 0 Å². The summed E-state index contributed by atoms with van der Waals surface area (Å²) in [6.07, 6.45) is 3.58. The van der Waals surface area contributed by atoms with E-state index in [1.165, 1.54) is 6.07 Å². The Labute approximate surface area is 126 Å². The summed E-state index contributed by atoms with van der Waals surface area (Å²) in [5.41, 5.74) is 1.18. The summed E-state index contributed by atoms with van der Waals surface area (Å²) < 4.78 is 33.6. The molecule has 3 atom stereocenters. The van der Waals surface area contributed by atoms with E-state index in [2.05, 4.69) is 5.10 Å². The number of esters is 1. The second-order valence-electron chi connectivity index (χ2n) is 5.64. The smallest absolute Gasteiger partial charge is 0.310 e. The van der Waals surface area contributed by atoms with E-state index < -0.39 is 17.7 Å². The van der Waals surface area contributed by atoms with E-state index >= 15 is 0 Å². The van der Waals surface area contributed by atoms with Gasteiger partial charge in [0.25, 0.3) is 0 Å².